The molecule has 0 aromatic heterocycles. The highest BCUT2D eigenvalue weighted by atomic mass is 35.5. The van der Waals surface area contributed by atoms with E-state index >= 15 is 0 Å². The summed E-state index contributed by atoms with van der Waals surface area (Å²) in [6.07, 6.45) is 0. The SMILES string of the molecule is COc1ccc([C@H]2NC(=O)NC(C)=C2C(=O)c2ccc(Cl)cc2)cc1. The van der Waals surface area contributed by atoms with E-state index in [1.54, 1.807) is 50.4 Å². The number of hydrogen-bond donors (Lipinski definition) is 2. The normalized spacial score (nSPS) is 16.9. The Labute approximate surface area is 150 Å². The standard InChI is InChI=1S/C19H17ClN2O3/c1-11-16(18(23)13-3-7-14(20)8-4-13)17(22-19(24)21-11)12-5-9-15(25-2)10-6-12/h3-10,17H,1-2H3,(H2,21,22,24)/t17-/m1/s1. The second kappa shape index (κ2) is 6.99. The molecule has 0 spiro atoms. The second-order valence-corrected chi connectivity index (χ2v) is 6.12. The quantitative estimate of drug-likeness (QED) is 0.817. The Morgan fingerprint density at radius 1 is 1.08 bits per heavy atom. The van der Waals surface area contributed by atoms with E-state index in [0.717, 1.165) is 5.56 Å². The summed E-state index contributed by atoms with van der Waals surface area (Å²) >= 11 is 5.90. The van der Waals surface area contributed by atoms with Gasteiger partial charge in [-0.3, -0.25) is 4.79 Å². The van der Waals surface area contributed by atoms with Gasteiger partial charge >= 0.3 is 6.03 Å². The van der Waals surface area contributed by atoms with Crippen LogP contribution in [0, 0.1) is 0 Å². The van der Waals surface area contributed by atoms with Crippen LogP contribution in [0.1, 0.15) is 28.9 Å². The number of amides is 2. The number of Topliss-reactive ketones (excluding diaryl/α,β-unsaturated/α-hetero) is 1. The van der Waals surface area contributed by atoms with Crippen molar-refractivity contribution in [2.24, 2.45) is 0 Å². The van der Waals surface area contributed by atoms with Gasteiger partial charge in [0.25, 0.3) is 0 Å². The average Bonchev–Trinajstić information content (AvgIpc) is 2.61. The number of methoxy groups -OCH3 is 1. The number of benzene rings is 2. The van der Waals surface area contributed by atoms with Gasteiger partial charge < -0.3 is 15.4 Å². The Morgan fingerprint density at radius 2 is 1.72 bits per heavy atom. The van der Waals surface area contributed by atoms with E-state index in [1.165, 1.54) is 0 Å². The van der Waals surface area contributed by atoms with Crippen molar-refractivity contribution < 1.29 is 14.3 Å². The molecule has 1 atom stereocenters. The molecule has 2 aromatic rings. The van der Waals surface area contributed by atoms with E-state index in [9.17, 15) is 9.59 Å². The highest BCUT2D eigenvalue weighted by Crippen LogP contribution is 2.30. The maximum Gasteiger partial charge on any atom is 0.319 e. The van der Waals surface area contributed by atoms with Gasteiger partial charge in [-0.1, -0.05) is 23.7 Å². The Kier molecular flexibility index (Phi) is 4.76. The van der Waals surface area contributed by atoms with Crippen LogP contribution in [0.4, 0.5) is 4.79 Å². The number of ketones is 1. The number of urea groups is 1. The Bertz CT molecular complexity index is 842. The van der Waals surface area contributed by atoms with Gasteiger partial charge in [-0.05, 0) is 48.9 Å². The average molecular weight is 357 g/mol. The van der Waals surface area contributed by atoms with E-state index in [4.69, 9.17) is 16.3 Å². The number of carbonyl (C=O) groups excluding carboxylic acids is 2. The van der Waals surface area contributed by atoms with Gasteiger partial charge in [-0.2, -0.15) is 0 Å². The molecule has 1 heterocycles. The van der Waals surface area contributed by atoms with Crippen LogP contribution in [-0.4, -0.2) is 18.9 Å². The van der Waals surface area contributed by atoms with E-state index in [2.05, 4.69) is 10.6 Å². The molecule has 1 aliphatic heterocycles. The minimum atomic E-state index is -0.539. The molecule has 0 aliphatic carbocycles. The molecule has 1 aliphatic rings. The lowest BCUT2D eigenvalue weighted by Gasteiger charge is -2.28. The first-order valence-electron chi connectivity index (χ1n) is 7.72. The molecule has 2 N–H and O–H groups in total. The number of carbonyl (C=O) groups is 2. The zero-order valence-electron chi connectivity index (χ0n) is 13.8. The summed E-state index contributed by atoms with van der Waals surface area (Å²) in [6.45, 7) is 1.72. The van der Waals surface area contributed by atoms with Crippen LogP contribution >= 0.6 is 11.6 Å². The van der Waals surface area contributed by atoms with Crippen molar-refractivity contribution in [3.8, 4) is 5.75 Å². The number of rotatable bonds is 4. The molecule has 5 nitrogen and oxygen atoms in total. The Balaban J connectivity index is 2.02. The number of nitrogens with one attached hydrogen (secondary N) is 2. The minimum Gasteiger partial charge on any atom is -0.497 e. The molecule has 0 saturated carbocycles. The van der Waals surface area contributed by atoms with Crippen LogP contribution in [-0.2, 0) is 0 Å². The number of allylic oxidation sites excluding steroid dienone is 1. The van der Waals surface area contributed by atoms with Gasteiger partial charge in [0.2, 0.25) is 0 Å². The summed E-state index contributed by atoms with van der Waals surface area (Å²) in [7, 11) is 1.58. The Hall–Kier alpha value is -2.79. The maximum absolute atomic E-state index is 13.0. The molecule has 0 fully saturated rings. The molecule has 6 heteroatoms. The summed E-state index contributed by atoms with van der Waals surface area (Å²) < 4.78 is 5.16. The predicted molar refractivity (Wildman–Crippen MR) is 95.9 cm³/mol. The first kappa shape index (κ1) is 17.0. The molecule has 2 aromatic carbocycles. The molecular formula is C19H17ClN2O3. The van der Waals surface area contributed by atoms with Crippen LogP contribution in [0.3, 0.4) is 0 Å². The second-order valence-electron chi connectivity index (χ2n) is 5.68. The van der Waals surface area contributed by atoms with E-state index in [-0.39, 0.29) is 11.8 Å². The highest BCUT2D eigenvalue weighted by Gasteiger charge is 2.31. The molecule has 25 heavy (non-hydrogen) atoms. The molecule has 3 rings (SSSR count). The van der Waals surface area contributed by atoms with Gasteiger partial charge in [0.05, 0.1) is 13.2 Å². The van der Waals surface area contributed by atoms with Gasteiger partial charge in [0.1, 0.15) is 5.75 Å². The van der Waals surface area contributed by atoms with Gasteiger partial charge in [0, 0.05) is 21.9 Å². The van der Waals surface area contributed by atoms with Crippen molar-refractivity contribution in [3.05, 3.63) is 76.0 Å². The first-order valence-corrected chi connectivity index (χ1v) is 8.10. The number of hydrogen-bond acceptors (Lipinski definition) is 3. The van der Waals surface area contributed by atoms with Crippen molar-refractivity contribution in [2.75, 3.05) is 7.11 Å². The van der Waals surface area contributed by atoms with Crippen LogP contribution in [0.2, 0.25) is 5.02 Å². The fraction of sp³-hybridized carbons (Fsp3) is 0.158. The summed E-state index contributed by atoms with van der Waals surface area (Å²) in [5, 5.41) is 6.05. The summed E-state index contributed by atoms with van der Waals surface area (Å²) in [6, 6.07) is 13.1. The van der Waals surface area contributed by atoms with Crippen molar-refractivity contribution in [1.82, 2.24) is 10.6 Å². The van der Waals surface area contributed by atoms with Crippen LogP contribution in [0.15, 0.2) is 59.8 Å². The van der Waals surface area contributed by atoms with E-state index in [1.807, 2.05) is 12.1 Å². The van der Waals surface area contributed by atoms with E-state index in [0.29, 0.717) is 27.6 Å². The zero-order valence-corrected chi connectivity index (χ0v) is 14.6. The van der Waals surface area contributed by atoms with Gasteiger partial charge in [-0.25, -0.2) is 4.79 Å². The smallest absolute Gasteiger partial charge is 0.319 e. The van der Waals surface area contributed by atoms with Crippen LogP contribution < -0.4 is 15.4 Å². The molecular weight excluding hydrogens is 340 g/mol. The highest BCUT2D eigenvalue weighted by molar-refractivity contribution is 6.30. The first-order chi connectivity index (χ1) is 12.0. The zero-order chi connectivity index (χ0) is 18.0. The van der Waals surface area contributed by atoms with Crippen molar-refractivity contribution in [2.45, 2.75) is 13.0 Å². The lowest BCUT2D eigenvalue weighted by molar-refractivity contribution is 0.102. The summed E-state index contributed by atoms with van der Waals surface area (Å²) in [5.74, 6) is 0.540. The molecule has 0 radical (unpaired) electrons. The molecule has 0 bridgehead atoms. The summed E-state index contributed by atoms with van der Waals surface area (Å²) in [5.41, 5.74) is 2.33. The molecule has 128 valence electrons. The van der Waals surface area contributed by atoms with Gasteiger partial charge in [-0.15, -0.1) is 0 Å². The van der Waals surface area contributed by atoms with Crippen molar-refractivity contribution in [3.63, 3.8) is 0 Å². The predicted octanol–water partition coefficient (Wildman–Crippen LogP) is 3.86. The molecule has 0 saturated heterocycles. The maximum atomic E-state index is 13.0. The molecule has 0 unspecified atom stereocenters. The Morgan fingerprint density at radius 3 is 2.32 bits per heavy atom. The van der Waals surface area contributed by atoms with Gasteiger partial charge in [0.15, 0.2) is 5.78 Å². The monoisotopic (exact) mass is 356 g/mol. The lowest BCUT2D eigenvalue weighted by atomic mass is 9.89. The largest absolute Gasteiger partial charge is 0.497 e. The number of halogens is 1. The van der Waals surface area contributed by atoms with Crippen molar-refractivity contribution in [1.29, 1.82) is 0 Å². The summed E-state index contributed by atoms with van der Waals surface area (Å²) in [4.78, 5) is 24.9. The van der Waals surface area contributed by atoms with E-state index < -0.39 is 6.04 Å². The number of ether oxygens (including phenoxy) is 1. The third kappa shape index (κ3) is 3.51. The van der Waals surface area contributed by atoms with Crippen molar-refractivity contribution >= 4 is 23.4 Å². The fourth-order valence-electron chi connectivity index (χ4n) is 2.80. The lowest BCUT2D eigenvalue weighted by Crippen LogP contribution is -2.45. The third-order valence-electron chi connectivity index (χ3n) is 4.07. The fourth-order valence-corrected chi connectivity index (χ4v) is 2.92. The third-order valence-corrected chi connectivity index (χ3v) is 4.32. The topological polar surface area (TPSA) is 67.4 Å². The minimum absolute atomic E-state index is 0.164. The van der Waals surface area contributed by atoms with Crippen LogP contribution in [0.25, 0.3) is 0 Å². The molecule has 2 amide bonds. The van der Waals surface area contributed by atoms with Crippen LogP contribution in [0.5, 0.6) is 5.75 Å².